The van der Waals surface area contributed by atoms with Crippen LogP contribution in [0, 0.1) is 12.8 Å². The van der Waals surface area contributed by atoms with Gasteiger partial charge in [0, 0.05) is 20.1 Å². The molecule has 0 aliphatic carbocycles. The van der Waals surface area contributed by atoms with E-state index in [9.17, 15) is 18.0 Å². The van der Waals surface area contributed by atoms with Gasteiger partial charge >= 0.3 is 5.97 Å². The number of carbonyl (C=O) groups excluding carboxylic acids is 1. The molecule has 9 heteroatoms. The number of piperidine rings is 1. The Morgan fingerprint density at radius 2 is 2.12 bits per heavy atom. The van der Waals surface area contributed by atoms with Crippen molar-refractivity contribution in [3.63, 3.8) is 0 Å². The van der Waals surface area contributed by atoms with Crippen LogP contribution in [0.25, 0.3) is 0 Å². The number of amides is 1. The van der Waals surface area contributed by atoms with Crippen LogP contribution in [0.1, 0.15) is 34.7 Å². The zero-order chi connectivity index (χ0) is 18.1. The summed E-state index contributed by atoms with van der Waals surface area (Å²) < 4.78 is 30.0. The van der Waals surface area contributed by atoms with Crippen molar-refractivity contribution in [1.29, 1.82) is 0 Å². The molecule has 0 bridgehead atoms. The molecule has 2 rings (SSSR count). The smallest absolute Gasteiger partial charge is 0.339 e. The van der Waals surface area contributed by atoms with Gasteiger partial charge in [-0.25, -0.2) is 17.5 Å². The lowest BCUT2D eigenvalue weighted by molar-refractivity contribution is -0.136. The van der Waals surface area contributed by atoms with E-state index in [0.717, 1.165) is 6.26 Å². The molecule has 1 amide bonds. The number of sulfonamides is 1. The minimum absolute atomic E-state index is 0.0757. The standard InChI is InChI=1S/C15H22N2O6S/c1-10-13(15(19)20)7-12(23-10)9-16(2)14(18)11-5-4-6-17(8-11)24(3,21)22/h7,11H,4-6,8-9H2,1-3H3,(H,19,20). The Labute approximate surface area is 141 Å². The van der Waals surface area contributed by atoms with Crippen LogP contribution in [0.4, 0.5) is 0 Å². The molecule has 8 nitrogen and oxygen atoms in total. The third-order valence-electron chi connectivity index (χ3n) is 4.17. The summed E-state index contributed by atoms with van der Waals surface area (Å²) in [5, 5.41) is 9.03. The summed E-state index contributed by atoms with van der Waals surface area (Å²) in [5.74, 6) is -0.967. The lowest BCUT2D eigenvalue weighted by Gasteiger charge is -2.32. The lowest BCUT2D eigenvalue weighted by atomic mass is 9.98. The lowest BCUT2D eigenvalue weighted by Crippen LogP contribution is -2.45. The first kappa shape index (κ1) is 18.5. The van der Waals surface area contributed by atoms with E-state index in [0.29, 0.717) is 30.9 Å². The molecule has 0 radical (unpaired) electrons. The number of furan rings is 1. The number of aryl methyl sites for hydroxylation is 1. The molecule has 0 aromatic carbocycles. The highest BCUT2D eigenvalue weighted by atomic mass is 32.2. The molecule has 134 valence electrons. The molecule has 1 aliphatic rings. The molecule has 1 aromatic heterocycles. The van der Waals surface area contributed by atoms with Crippen molar-refractivity contribution in [3.05, 3.63) is 23.2 Å². The van der Waals surface area contributed by atoms with Crippen LogP contribution < -0.4 is 0 Å². The number of nitrogens with zero attached hydrogens (tertiary/aromatic N) is 2. The third kappa shape index (κ3) is 4.15. The molecular formula is C15H22N2O6S. The van der Waals surface area contributed by atoms with Crippen LogP contribution in [-0.4, -0.2) is 61.0 Å². The second-order valence-electron chi connectivity index (χ2n) is 6.14. The van der Waals surface area contributed by atoms with Crippen LogP contribution in [-0.2, 0) is 21.4 Å². The van der Waals surface area contributed by atoms with Gasteiger partial charge in [-0.1, -0.05) is 0 Å². The van der Waals surface area contributed by atoms with Crippen LogP contribution in [0.2, 0.25) is 0 Å². The van der Waals surface area contributed by atoms with Crippen molar-refractivity contribution in [2.75, 3.05) is 26.4 Å². The first-order valence-corrected chi connectivity index (χ1v) is 9.47. The van der Waals surface area contributed by atoms with Gasteiger partial charge in [-0.05, 0) is 25.8 Å². The average Bonchev–Trinajstić information content (AvgIpc) is 2.86. The molecule has 1 aliphatic heterocycles. The summed E-state index contributed by atoms with van der Waals surface area (Å²) in [4.78, 5) is 25.0. The van der Waals surface area contributed by atoms with E-state index in [1.54, 1.807) is 14.0 Å². The maximum absolute atomic E-state index is 12.5. The number of carbonyl (C=O) groups is 2. The van der Waals surface area contributed by atoms with E-state index in [-0.39, 0.29) is 24.6 Å². The fraction of sp³-hybridized carbons (Fsp3) is 0.600. The SMILES string of the molecule is Cc1oc(CN(C)C(=O)C2CCCN(S(C)(=O)=O)C2)cc1C(=O)O. The van der Waals surface area contributed by atoms with E-state index in [1.807, 2.05) is 0 Å². The highest BCUT2D eigenvalue weighted by Crippen LogP contribution is 2.22. The Morgan fingerprint density at radius 1 is 1.46 bits per heavy atom. The molecule has 1 aromatic rings. The zero-order valence-electron chi connectivity index (χ0n) is 14.0. The average molecular weight is 358 g/mol. The fourth-order valence-corrected chi connectivity index (χ4v) is 3.81. The fourth-order valence-electron chi connectivity index (χ4n) is 2.90. The topological polar surface area (TPSA) is 108 Å². The normalized spacial score (nSPS) is 19.2. The van der Waals surface area contributed by atoms with Gasteiger partial charge in [0.15, 0.2) is 0 Å². The largest absolute Gasteiger partial charge is 0.478 e. The van der Waals surface area contributed by atoms with Gasteiger partial charge in [0.25, 0.3) is 0 Å². The van der Waals surface area contributed by atoms with Crippen molar-refractivity contribution < 1.29 is 27.5 Å². The maximum atomic E-state index is 12.5. The highest BCUT2D eigenvalue weighted by molar-refractivity contribution is 7.88. The summed E-state index contributed by atoms with van der Waals surface area (Å²) in [5.41, 5.74) is 0.0757. The van der Waals surface area contributed by atoms with Gasteiger partial charge in [0.05, 0.1) is 18.7 Å². The van der Waals surface area contributed by atoms with Gasteiger partial charge in [-0.2, -0.15) is 0 Å². The predicted molar refractivity (Wildman–Crippen MR) is 86.0 cm³/mol. The van der Waals surface area contributed by atoms with Crippen LogP contribution in [0.3, 0.4) is 0 Å². The summed E-state index contributed by atoms with van der Waals surface area (Å²) in [6.07, 6.45) is 2.41. The Balaban J connectivity index is 2.04. The van der Waals surface area contributed by atoms with E-state index in [1.165, 1.54) is 15.3 Å². The molecule has 0 saturated carbocycles. The number of aromatic carboxylic acids is 1. The number of hydrogen-bond acceptors (Lipinski definition) is 5. The molecule has 1 fully saturated rings. The van der Waals surface area contributed by atoms with Gasteiger partial charge < -0.3 is 14.4 Å². The number of carboxylic acid groups (broad SMARTS) is 1. The summed E-state index contributed by atoms with van der Waals surface area (Å²) in [7, 11) is -1.71. The molecule has 1 atom stereocenters. The monoisotopic (exact) mass is 358 g/mol. The van der Waals surface area contributed by atoms with Crippen LogP contribution >= 0.6 is 0 Å². The molecule has 1 unspecified atom stereocenters. The second kappa shape index (κ2) is 6.94. The number of hydrogen-bond donors (Lipinski definition) is 1. The van der Waals surface area contributed by atoms with Gasteiger partial charge in [-0.15, -0.1) is 0 Å². The van der Waals surface area contributed by atoms with Crippen molar-refractivity contribution in [3.8, 4) is 0 Å². The Kier molecular flexibility index (Phi) is 5.34. The first-order valence-electron chi connectivity index (χ1n) is 7.62. The molecule has 1 N–H and O–H groups in total. The molecular weight excluding hydrogens is 336 g/mol. The quantitative estimate of drug-likeness (QED) is 0.838. The summed E-state index contributed by atoms with van der Waals surface area (Å²) >= 11 is 0. The Bertz CT molecular complexity index is 739. The molecule has 2 heterocycles. The van der Waals surface area contributed by atoms with Crippen molar-refractivity contribution in [1.82, 2.24) is 9.21 Å². The van der Waals surface area contributed by atoms with E-state index >= 15 is 0 Å². The Hall–Kier alpha value is -1.87. The van der Waals surface area contributed by atoms with Gasteiger partial charge in [-0.3, -0.25) is 4.79 Å². The number of carboxylic acids is 1. The van der Waals surface area contributed by atoms with Gasteiger partial charge in [0.1, 0.15) is 17.1 Å². The van der Waals surface area contributed by atoms with Crippen LogP contribution in [0.15, 0.2) is 10.5 Å². The van der Waals surface area contributed by atoms with E-state index in [2.05, 4.69) is 0 Å². The number of rotatable bonds is 5. The Morgan fingerprint density at radius 3 is 2.67 bits per heavy atom. The van der Waals surface area contributed by atoms with Crippen LogP contribution in [0.5, 0.6) is 0 Å². The maximum Gasteiger partial charge on any atom is 0.339 e. The van der Waals surface area contributed by atoms with E-state index in [4.69, 9.17) is 9.52 Å². The summed E-state index contributed by atoms with van der Waals surface area (Å²) in [6.45, 7) is 2.31. The minimum atomic E-state index is -3.31. The second-order valence-corrected chi connectivity index (χ2v) is 8.12. The first-order chi connectivity index (χ1) is 11.1. The molecule has 24 heavy (non-hydrogen) atoms. The van der Waals surface area contributed by atoms with Crippen molar-refractivity contribution >= 4 is 21.9 Å². The van der Waals surface area contributed by atoms with Crippen molar-refractivity contribution in [2.45, 2.75) is 26.3 Å². The predicted octanol–water partition coefficient (Wildman–Crippen LogP) is 0.916. The molecule has 1 saturated heterocycles. The summed E-state index contributed by atoms with van der Waals surface area (Å²) in [6, 6.07) is 1.41. The molecule has 0 spiro atoms. The highest BCUT2D eigenvalue weighted by Gasteiger charge is 2.32. The van der Waals surface area contributed by atoms with E-state index < -0.39 is 21.9 Å². The zero-order valence-corrected chi connectivity index (χ0v) is 14.8. The third-order valence-corrected chi connectivity index (χ3v) is 5.44. The minimum Gasteiger partial charge on any atom is -0.478 e. The van der Waals surface area contributed by atoms with Gasteiger partial charge in [0.2, 0.25) is 15.9 Å². The van der Waals surface area contributed by atoms with Crippen molar-refractivity contribution in [2.24, 2.45) is 5.92 Å².